The number of carbonyl (C=O) groups excluding carboxylic acids is 1. The van der Waals surface area contributed by atoms with Crippen molar-refractivity contribution in [1.82, 2.24) is 4.90 Å². The topological polar surface area (TPSA) is 20.3 Å². The highest BCUT2D eigenvalue weighted by Gasteiger charge is 2.33. The SMILES string of the molecule is C=CC1=C(/C=C\C)CC2=C(C1)C(=O)N(C)C2=C. The van der Waals surface area contributed by atoms with E-state index in [9.17, 15) is 4.79 Å². The molecule has 0 fully saturated rings. The summed E-state index contributed by atoms with van der Waals surface area (Å²) in [5.41, 5.74) is 5.22. The molecule has 0 spiro atoms. The Labute approximate surface area is 102 Å². The average molecular weight is 227 g/mol. The zero-order chi connectivity index (χ0) is 12.6. The lowest BCUT2D eigenvalue weighted by molar-refractivity contribution is -0.123. The molecule has 0 radical (unpaired) electrons. The first-order valence-corrected chi connectivity index (χ1v) is 5.76. The first-order chi connectivity index (χ1) is 8.10. The molecule has 0 aromatic heterocycles. The third kappa shape index (κ3) is 1.70. The summed E-state index contributed by atoms with van der Waals surface area (Å²) in [6.07, 6.45) is 7.44. The van der Waals surface area contributed by atoms with Gasteiger partial charge in [-0.25, -0.2) is 0 Å². The molecule has 1 aliphatic heterocycles. The molecule has 0 saturated carbocycles. The van der Waals surface area contributed by atoms with Crippen LogP contribution in [0.15, 0.2) is 59.4 Å². The van der Waals surface area contributed by atoms with E-state index in [2.05, 4.69) is 19.2 Å². The number of allylic oxidation sites excluding steroid dienone is 6. The monoisotopic (exact) mass is 227 g/mol. The van der Waals surface area contributed by atoms with E-state index in [1.165, 1.54) is 5.57 Å². The molecule has 2 nitrogen and oxygen atoms in total. The summed E-state index contributed by atoms with van der Waals surface area (Å²) in [6.45, 7) is 9.82. The molecule has 2 rings (SSSR count). The minimum absolute atomic E-state index is 0.0869. The quantitative estimate of drug-likeness (QED) is 0.709. The molecule has 1 aliphatic carbocycles. The van der Waals surface area contributed by atoms with Crippen LogP contribution in [0.5, 0.6) is 0 Å². The Hall–Kier alpha value is -1.83. The van der Waals surface area contributed by atoms with Gasteiger partial charge < -0.3 is 4.90 Å². The summed E-state index contributed by atoms with van der Waals surface area (Å²) < 4.78 is 0. The predicted molar refractivity (Wildman–Crippen MR) is 70.2 cm³/mol. The molecule has 2 heteroatoms. The van der Waals surface area contributed by atoms with Crippen LogP contribution in [0.25, 0.3) is 0 Å². The van der Waals surface area contributed by atoms with Crippen LogP contribution in [-0.2, 0) is 4.79 Å². The first kappa shape index (κ1) is 11.6. The zero-order valence-corrected chi connectivity index (χ0v) is 10.4. The van der Waals surface area contributed by atoms with Crippen molar-refractivity contribution in [3.8, 4) is 0 Å². The maximum atomic E-state index is 12.0. The molecule has 0 aromatic rings. The van der Waals surface area contributed by atoms with Gasteiger partial charge in [-0.2, -0.15) is 0 Å². The Bertz CT molecular complexity index is 503. The Morgan fingerprint density at radius 3 is 2.47 bits per heavy atom. The highest BCUT2D eigenvalue weighted by molar-refractivity contribution is 6.01. The molecule has 17 heavy (non-hydrogen) atoms. The summed E-state index contributed by atoms with van der Waals surface area (Å²) in [6, 6.07) is 0. The van der Waals surface area contributed by atoms with Crippen molar-refractivity contribution >= 4 is 5.91 Å². The van der Waals surface area contributed by atoms with Crippen LogP contribution in [0, 0.1) is 0 Å². The van der Waals surface area contributed by atoms with Gasteiger partial charge in [-0.15, -0.1) is 0 Å². The van der Waals surface area contributed by atoms with Crippen LogP contribution in [0.1, 0.15) is 19.8 Å². The first-order valence-electron chi connectivity index (χ1n) is 5.76. The van der Waals surface area contributed by atoms with Crippen LogP contribution >= 0.6 is 0 Å². The fourth-order valence-corrected chi connectivity index (χ4v) is 2.40. The molecule has 88 valence electrons. The van der Waals surface area contributed by atoms with Crippen molar-refractivity contribution in [3.63, 3.8) is 0 Å². The van der Waals surface area contributed by atoms with Gasteiger partial charge in [0.15, 0.2) is 0 Å². The number of rotatable bonds is 2. The average Bonchev–Trinajstić information content (AvgIpc) is 2.54. The fourth-order valence-electron chi connectivity index (χ4n) is 2.40. The molecule has 2 aliphatic rings. The predicted octanol–water partition coefficient (Wildman–Crippen LogP) is 3.12. The van der Waals surface area contributed by atoms with Gasteiger partial charge in [0, 0.05) is 31.2 Å². The molecule has 0 saturated heterocycles. The van der Waals surface area contributed by atoms with Gasteiger partial charge in [-0.05, 0) is 23.6 Å². The number of carbonyl (C=O) groups is 1. The number of nitrogens with zero attached hydrogens (tertiary/aromatic N) is 1. The van der Waals surface area contributed by atoms with Crippen molar-refractivity contribution in [2.45, 2.75) is 19.8 Å². The largest absolute Gasteiger partial charge is 0.312 e. The van der Waals surface area contributed by atoms with Crippen molar-refractivity contribution < 1.29 is 4.79 Å². The Balaban J connectivity index is 2.41. The van der Waals surface area contributed by atoms with Gasteiger partial charge in [0.1, 0.15) is 0 Å². The van der Waals surface area contributed by atoms with Crippen LogP contribution in [0.3, 0.4) is 0 Å². The summed E-state index contributed by atoms with van der Waals surface area (Å²) in [5.74, 6) is 0.0869. The van der Waals surface area contributed by atoms with Gasteiger partial charge in [-0.1, -0.05) is 31.4 Å². The fraction of sp³-hybridized carbons (Fsp3) is 0.267. The lowest BCUT2D eigenvalue weighted by Gasteiger charge is -2.17. The number of hydrogen-bond donors (Lipinski definition) is 0. The molecule has 1 amide bonds. The second kappa shape index (κ2) is 4.21. The van der Waals surface area contributed by atoms with Crippen molar-refractivity contribution in [2.75, 3.05) is 7.05 Å². The highest BCUT2D eigenvalue weighted by atomic mass is 16.2. The second-order valence-electron chi connectivity index (χ2n) is 4.38. The molecular formula is C15H17NO. The minimum Gasteiger partial charge on any atom is -0.312 e. The van der Waals surface area contributed by atoms with Gasteiger partial charge in [0.05, 0.1) is 0 Å². The maximum absolute atomic E-state index is 12.0. The lowest BCUT2D eigenvalue weighted by Crippen LogP contribution is -2.20. The van der Waals surface area contributed by atoms with E-state index >= 15 is 0 Å². The number of likely N-dealkylation sites (N-methyl/N-ethyl adjacent to an activating group) is 1. The van der Waals surface area contributed by atoms with E-state index in [0.29, 0.717) is 6.42 Å². The van der Waals surface area contributed by atoms with Crippen molar-refractivity contribution in [1.29, 1.82) is 0 Å². The van der Waals surface area contributed by atoms with Crippen LogP contribution in [0.2, 0.25) is 0 Å². The molecule has 0 aromatic carbocycles. The summed E-state index contributed by atoms with van der Waals surface area (Å²) in [4.78, 5) is 13.7. The van der Waals surface area contributed by atoms with Crippen LogP contribution in [0.4, 0.5) is 0 Å². The Morgan fingerprint density at radius 1 is 1.24 bits per heavy atom. The number of hydrogen-bond acceptors (Lipinski definition) is 1. The van der Waals surface area contributed by atoms with E-state index in [-0.39, 0.29) is 5.91 Å². The van der Waals surface area contributed by atoms with Gasteiger partial charge in [0.25, 0.3) is 5.91 Å². The molecule has 0 atom stereocenters. The summed E-state index contributed by atoms with van der Waals surface area (Å²) in [7, 11) is 1.78. The summed E-state index contributed by atoms with van der Waals surface area (Å²) >= 11 is 0. The third-order valence-corrected chi connectivity index (χ3v) is 3.44. The lowest BCUT2D eigenvalue weighted by atomic mass is 9.86. The smallest absolute Gasteiger partial charge is 0.254 e. The van der Waals surface area contributed by atoms with Gasteiger partial charge >= 0.3 is 0 Å². The van der Waals surface area contributed by atoms with E-state index in [1.54, 1.807) is 11.9 Å². The van der Waals surface area contributed by atoms with Gasteiger partial charge in [-0.3, -0.25) is 4.79 Å². The third-order valence-electron chi connectivity index (χ3n) is 3.44. The standard InChI is InChI=1S/C15H17NO/c1-5-7-12-9-13-10(3)16(4)15(17)14(13)8-11(12)6-2/h5-7H,2-3,8-9H2,1,4H3/b7-5-. The van der Waals surface area contributed by atoms with E-state index in [1.807, 2.05) is 19.1 Å². The molecule has 0 unspecified atom stereocenters. The van der Waals surface area contributed by atoms with Crippen LogP contribution < -0.4 is 0 Å². The van der Waals surface area contributed by atoms with Crippen molar-refractivity contribution in [2.24, 2.45) is 0 Å². The van der Waals surface area contributed by atoms with E-state index in [0.717, 1.165) is 28.8 Å². The Morgan fingerprint density at radius 2 is 1.88 bits per heavy atom. The van der Waals surface area contributed by atoms with Crippen LogP contribution in [-0.4, -0.2) is 17.9 Å². The molecule has 0 bridgehead atoms. The number of amides is 1. The minimum atomic E-state index is 0.0869. The second-order valence-corrected chi connectivity index (χ2v) is 4.38. The normalized spacial score (nSPS) is 20.7. The maximum Gasteiger partial charge on any atom is 0.254 e. The van der Waals surface area contributed by atoms with Gasteiger partial charge in [0.2, 0.25) is 0 Å². The molecule has 0 N–H and O–H groups in total. The van der Waals surface area contributed by atoms with E-state index in [4.69, 9.17) is 0 Å². The van der Waals surface area contributed by atoms with E-state index < -0.39 is 0 Å². The summed E-state index contributed by atoms with van der Waals surface area (Å²) in [5, 5.41) is 0. The highest BCUT2D eigenvalue weighted by Crippen LogP contribution is 2.40. The zero-order valence-electron chi connectivity index (χ0n) is 10.4. The molecule has 1 heterocycles. The Kier molecular flexibility index (Phi) is 2.88. The van der Waals surface area contributed by atoms with Crippen molar-refractivity contribution in [3.05, 3.63) is 59.4 Å². The molecular weight excluding hydrogens is 210 g/mol.